The number of hydrogen-bond donors (Lipinski definition) is 1. The van der Waals surface area contributed by atoms with Gasteiger partial charge in [-0.3, -0.25) is 0 Å². The topological polar surface area (TPSA) is 12.0 Å². The smallest absolute Gasteiger partial charge is 0.309 e. The summed E-state index contributed by atoms with van der Waals surface area (Å²) in [5, 5.41) is 3.28. The number of alkyl halides is 3. The predicted molar refractivity (Wildman–Crippen MR) is 75.5 cm³/mol. The Bertz CT molecular complexity index is 415. The Morgan fingerprint density at radius 3 is 2.42 bits per heavy atom. The van der Waals surface area contributed by atoms with E-state index in [9.17, 15) is 13.2 Å². The minimum absolute atomic E-state index is 0.0654. The highest BCUT2D eigenvalue weighted by Gasteiger charge is 2.30. The first-order valence-corrected chi connectivity index (χ1v) is 7.34. The molecule has 1 N–H and O–H groups in total. The fourth-order valence-electron chi connectivity index (χ4n) is 1.57. The zero-order valence-electron chi connectivity index (χ0n) is 11.6. The minimum atomic E-state index is -4.28. The van der Waals surface area contributed by atoms with E-state index in [4.69, 9.17) is 0 Å². The normalized spacial score (nSPS) is 14.5. The molecule has 0 aliphatic rings. The van der Waals surface area contributed by atoms with E-state index in [1.165, 1.54) is 12.1 Å². The lowest BCUT2D eigenvalue weighted by molar-refractivity contribution is -0.137. The number of nitrogens with one attached hydrogen (secondary N) is 1. The van der Waals surface area contributed by atoms with Crippen LogP contribution in [0.15, 0.2) is 24.3 Å². The number of rotatable bonds is 5. The van der Waals surface area contributed by atoms with E-state index >= 15 is 0 Å². The predicted octanol–water partition coefficient (Wildman–Crippen LogP) is 4.50. The van der Waals surface area contributed by atoms with Gasteiger partial charge in [-0.2, -0.15) is 24.9 Å². The van der Waals surface area contributed by atoms with E-state index in [0.29, 0.717) is 5.56 Å². The van der Waals surface area contributed by atoms with E-state index in [1.807, 2.05) is 13.2 Å². The Morgan fingerprint density at radius 1 is 1.26 bits per heavy atom. The number of benzene rings is 1. The Hall–Kier alpha value is -0.680. The first-order valence-electron chi connectivity index (χ1n) is 6.11. The van der Waals surface area contributed by atoms with Crippen LogP contribution in [0.5, 0.6) is 0 Å². The van der Waals surface area contributed by atoms with Gasteiger partial charge in [0, 0.05) is 17.3 Å². The maximum atomic E-state index is 12.6. The van der Waals surface area contributed by atoms with Crippen molar-refractivity contribution in [2.75, 3.05) is 12.8 Å². The summed E-state index contributed by atoms with van der Waals surface area (Å²) in [6, 6.07) is 5.38. The van der Waals surface area contributed by atoms with Crippen LogP contribution in [0.4, 0.5) is 13.2 Å². The Kier molecular flexibility index (Phi) is 5.33. The van der Waals surface area contributed by atoms with Gasteiger partial charge in [-0.05, 0) is 44.7 Å². The van der Waals surface area contributed by atoms with Crippen LogP contribution in [-0.2, 0) is 6.18 Å². The lowest BCUT2D eigenvalue weighted by Crippen LogP contribution is -2.33. The molecule has 0 amide bonds. The summed E-state index contributed by atoms with van der Waals surface area (Å²) >= 11 is 1.73. The molecule has 0 bridgehead atoms. The SMILES string of the molecule is CSC(C)(C)CNC(C)c1cccc(C(F)(F)F)c1. The first kappa shape index (κ1) is 16.4. The fourth-order valence-corrected chi connectivity index (χ4v) is 1.80. The maximum Gasteiger partial charge on any atom is 0.416 e. The Morgan fingerprint density at radius 2 is 1.89 bits per heavy atom. The molecule has 1 nitrogen and oxygen atoms in total. The molecule has 0 saturated heterocycles. The molecule has 0 aliphatic heterocycles. The van der Waals surface area contributed by atoms with Gasteiger partial charge >= 0.3 is 6.18 Å². The largest absolute Gasteiger partial charge is 0.416 e. The van der Waals surface area contributed by atoms with Gasteiger partial charge in [-0.25, -0.2) is 0 Å². The van der Waals surface area contributed by atoms with Crippen molar-refractivity contribution >= 4 is 11.8 Å². The van der Waals surface area contributed by atoms with Gasteiger partial charge in [0.1, 0.15) is 0 Å². The molecule has 0 radical (unpaired) electrons. The van der Waals surface area contributed by atoms with Gasteiger partial charge in [0.25, 0.3) is 0 Å². The maximum absolute atomic E-state index is 12.6. The number of hydrogen-bond acceptors (Lipinski definition) is 2. The molecule has 1 rings (SSSR count). The van der Waals surface area contributed by atoms with Crippen molar-refractivity contribution in [3.63, 3.8) is 0 Å². The van der Waals surface area contributed by atoms with Crippen molar-refractivity contribution in [2.45, 2.75) is 37.7 Å². The third-order valence-electron chi connectivity index (χ3n) is 3.10. The zero-order valence-corrected chi connectivity index (χ0v) is 12.5. The second-order valence-corrected chi connectivity index (χ2v) is 6.70. The molecule has 1 aromatic carbocycles. The van der Waals surface area contributed by atoms with E-state index in [0.717, 1.165) is 12.6 Å². The highest BCUT2D eigenvalue weighted by atomic mass is 32.2. The molecular weight excluding hydrogens is 271 g/mol. The van der Waals surface area contributed by atoms with Crippen LogP contribution in [0, 0.1) is 0 Å². The Balaban J connectivity index is 2.75. The van der Waals surface area contributed by atoms with Crippen molar-refractivity contribution in [1.29, 1.82) is 0 Å². The molecule has 0 aromatic heterocycles. The second-order valence-electron chi connectivity index (χ2n) is 5.19. The standard InChI is InChI=1S/C14H20F3NS/c1-10(18-9-13(2,3)19-4)11-6-5-7-12(8-11)14(15,16)17/h5-8,10,18H,9H2,1-4H3. The molecule has 19 heavy (non-hydrogen) atoms. The van der Waals surface area contributed by atoms with Gasteiger partial charge in [-0.15, -0.1) is 0 Å². The molecule has 108 valence electrons. The molecule has 5 heteroatoms. The van der Waals surface area contributed by atoms with Crippen molar-refractivity contribution in [2.24, 2.45) is 0 Å². The lowest BCUT2D eigenvalue weighted by atomic mass is 10.0. The quantitative estimate of drug-likeness (QED) is 0.857. The summed E-state index contributed by atoms with van der Waals surface area (Å²) in [5.41, 5.74) is 0.0644. The van der Waals surface area contributed by atoms with Gasteiger partial charge in [0.05, 0.1) is 5.56 Å². The third kappa shape index (κ3) is 5.07. The van der Waals surface area contributed by atoms with Gasteiger partial charge in [-0.1, -0.05) is 12.1 Å². The van der Waals surface area contributed by atoms with Gasteiger partial charge in [0.2, 0.25) is 0 Å². The molecular formula is C14H20F3NS. The van der Waals surface area contributed by atoms with E-state index in [2.05, 4.69) is 19.2 Å². The summed E-state index contributed by atoms with van der Waals surface area (Å²) < 4.78 is 38.0. The van der Waals surface area contributed by atoms with Crippen molar-refractivity contribution < 1.29 is 13.2 Å². The van der Waals surface area contributed by atoms with Crippen molar-refractivity contribution in [1.82, 2.24) is 5.32 Å². The summed E-state index contributed by atoms with van der Waals surface area (Å²) in [7, 11) is 0. The molecule has 1 aromatic rings. The van der Waals surface area contributed by atoms with Crippen LogP contribution in [0.2, 0.25) is 0 Å². The lowest BCUT2D eigenvalue weighted by Gasteiger charge is -2.25. The van der Waals surface area contributed by atoms with Gasteiger partial charge in [0.15, 0.2) is 0 Å². The Labute approximate surface area is 117 Å². The van der Waals surface area contributed by atoms with Crippen LogP contribution >= 0.6 is 11.8 Å². The summed E-state index contributed by atoms with van der Waals surface area (Å²) in [6.45, 7) is 6.82. The van der Waals surface area contributed by atoms with Gasteiger partial charge < -0.3 is 5.32 Å². The average molecular weight is 291 g/mol. The first-order chi connectivity index (χ1) is 8.65. The van der Waals surface area contributed by atoms with Crippen LogP contribution in [-0.4, -0.2) is 17.5 Å². The number of thioether (sulfide) groups is 1. The third-order valence-corrected chi connectivity index (χ3v) is 4.35. The molecule has 0 aliphatic carbocycles. The molecule has 1 atom stereocenters. The molecule has 1 unspecified atom stereocenters. The van der Waals surface area contributed by atoms with Crippen LogP contribution in [0.25, 0.3) is 0 Å². The summed E-state index contributed by atoms with van der Waals surface area (Å²) in [6.07, 6.45) is -2.26. The molecule has 0 spiro atoms. The average Bonchev–Trinajstić information content (AvgIpc) is 2.35. The highest BCUT2D eigenvalue weighted by Crippen LogP contribution is 2.31. The van der Waals surface area contributed by atoms with Crippen LogP contribution in [0.3, 0.4) is 0 Å². The summed E-state index contributed by atoms with van der Waals surface area (Å²) in [4.78, 5) is 0. The zero-order chi connectivity index (χ0) is 14.7. The van der Waals surface area contributed by atoms with E-state index < -0.39 is 11.7 Å². The molecule has 0 saturated carbocycles. The monoisotopic (exact) mass is 291 g/mol. The highest BCUT2D eigenvalue weighted by molar-refractivity contribution is 7.99. The van der Waals surface area contributed by atoms with Crippen molar-refractivity contribution in [3.8, 4) is 0 Å². The van der Waals surface area contributed by atoms with Crippen molar-refractivity contribution in [3.05, 3.63) is 35.4 Å². The molecule has 0 heterocycles. The van der Waals surface area contributed by atoms with Crippen LogP contribution < -0.4 is 5.32 Å². The summed E-state index contributed by atoms with van der Waals surface area (Å²) in [5.74, 6) is 0. The fraction of sp³-hybridized carbons (Fsp3) is 0.571. The van der Waals surface area contributed by atoms with E-state index in [-0.39, 0.29) is 10.8 Å². The molecule has 0 fully saturated rings. The minimum Gasteiger partial charge on any atom is -0.309 e. The van der Waals surface area contributed by atoms with Crippen LogP contribution in [0.1, 0.15) is 37.9 Å². The van der Waals surface area contributed by atoms with E-state index in [1.54, 1.807) is 17.8 Å². The second kappa shape index (κ2) is 6.18. The number of halogens is 3.